The van der Waals surface area contributed by atoms with Gasteiger partial charge in [0, 0.05) is 24.7 Å². The van der Waals surface area contributed by atoms with Gasteiger partial charge in [-0.15, -0.1) is 0 Å². The van der Waals surface area contributed by atoms with Gasteiger partial charge in [-0.05, 0) is 29.3 Å². The van der Waals surface area contributed by atoms with Crippen LogP contribution in [-0.4, -0.2) is 28.4 Å². The number of thioether (sulfide) groups is 1. The third-order valence-electron chi connectivity index (χ3n) is 3.65. The molecule has 25 heavy (non-hydrogen) atoms. The molecule has 0 bridgehead atoms. The molecule has 1 aromatic carbocycles. The molecule has 3 rings (SSSR count). The van der Waals surface area contributed by atoms with E-state index in [1.54, 1.807) is 6.20 Å². The Kier molecular flexibility index (Phi) is 5.60. The fourth-order valence-electron chi connectivity index (χ4n) is 2.34. The molecule has 0 aliphatic carbocycles. The quantitative estimate of drug-likeness (QED) is 0.896. The highest BCUT2D eigenvalue weighted by Crippen LogP contribution is 2.29. The SMILES string of the molecule is FC(F)(F)c1ccc(CSC2=NCN(Cc3cccnc3)CN2)cc1. The lowest BCUT2D eigenvalue weighted by atomic mass is 10.1. The Labute approximate surface area is 148 Å². The van der Waals surface area contributed by atoms with E-state index in [2.05, 4.69) is 20.2 Å². The largest absolute Gasteiger partial charge is 0.416 e. The lowest BCUT2D eigenvalue weighted by molar-refractivity contribution is -0.137. The van der Waals surface area contributed by atoms with Crippen molar-refractivity contribution in [1.29, 1.82) is 0 Å². The summed E-state index contributed by atoms with van der Waals surface area (Å²) in [6, 6.07) is 9.16. The van der Waals surface area contributed by atoms with E-state index in [9.17, 15) is 13.2 Å². The normalized spacial score (nSPS) is 15.6. The van der Waals surface area contributed by atoms with Gasteiger partial charge in [-0.1, -0.05) is 30.0 Å². The molecule has 0 atom stereocenters. The molecule has 1 N–H and O–H groups in total. The molecule has 2 aromatic rings. The van der Waals surface area contributed by atoms with Crippen molar-refractivity contribution in [3.8, 4) is 0 Å². The fraction of sp³-hybridized carbons (Fsp3) is 0.294. The van der Waals surface area contributed by atoms with E-state index >= 15 is 0 Å². The predicted octanol–water partition coefficient (Wildman–Crippen LogP) is 3.71. The van der Waals surface area contributed by atoms with E-state index in [0.717, 1.165) is 35.0 Å². The minimum Gasteiger partial charge on any atom is -0.352 e. The van der Waals surface area contributed by atoms with Crippen LogP contribution in [0.25, 0.3) is 0 Å². The average molecular weight is 366 g/mol. The zero-order valence-electron chi connectivity index (χ0n) is 13.3. The number of nitrogens with zero attached hydrogens (tertiary/aromatic N) is 3. The Morgan fingerprint density at radius 2 is 1.92 bits per heavy atom. The first-order chi connectivity index (χ1) is 12.0. The Bertz CT molecular complexity index is 717. The number of hydrogen-bond acceptors (Lipinski definition) is 5. The molecular formula is C17H17F3N4S. The molecular weight excluding hydrogens is 349 g/mol. The van der Waals surface area contributed by atoms with Crippen LogP contribution in [0.4, 0.5) is 13.2 Å². The number of aromatic nitrogens is 1. The molecule has 2 heterocycles. The van der Waals surface area contributed by atoms with Gasteiger partial charge < -0.3 is 5.32 Å². The van der Waals surface area contributed by atoms with E-state index < -0.39 is 11.7 Å². The average Bonchev–Trinajstić information content (AvgIpc) is 2.62. The maximum absolute atomic E-state index is 12.5. The molecule has 1 aliphatic rings. The first kappa shape index (κ1) is 17.8. The maximum atomic E-state index is 12.5. The number of benzene rings is 1. The number of aliphatic imine (C=N–C) groups is 1. The van der Waals surface area contributed by atoms with Gasteiger partial charge in [0.15, 0.2) is 5.17 Å². The second-order valence-corrected chi connectivity index (χ2v) is 6.58. The Hall–Kier alpha value is -2.06. The number of nitrogens with one attached hydrogen (secondary N) is 1. The van der Waals surface area contributed by atoms with Crippen LogP contribution in [-0.2, 0) is 18.5 Å². The number of hydrogen-bond donors (Lipinski definition) is 1. The first-order valence-corrected chi connectivity index (χ1v) is 8.68. The summed E-state index contributed by atoms with van der Waals surface area (Å²) in [5, 5.41) is 4.04. The number of amidine groups is 1. The van der Waals surface area contributed by atoms with Crippen molar-refractivity contribution < 1.29 is 13.2 Å². The van der Waals surface area contributed by atoms with Gasteiger partial charge in [-0.25, -0.2) is 4.99 Å². The summed E-state index contributed by atoms with van der Waals surface area (Å²) < 4.78 is 37.6. The van der Waals surface area contributed by atoms with Crippen molar-refractivity contribution in [3.05, 3.63) is 65.5 Å². The number of alkyl halides is 3. The smallest absolute Gasteiger partial charge is 0.352 e. The van der Waals surface area contributed by atoms with Crippen molar-refractivity contribution in [2.75, 3.05) is 13.3 Å². The monoisotopic (exact) mass is 366 g/mol. The summed E-state index contributed by atoms with van der Waals surface area (Å²) in [5.41, 5.74) is 1.33. The predicted molar refractivity (Wildman–Crippen MR) is 92.8 cm³/mol. The fourth-order valence-corrected chi connectivity index (χ4v) is 3.16. The summed E-state index contributed by atoms with van der Waals surface area (Å²) in [7, 11) is 0. The van der Waals surface area contributed by atoms with E-state index in [-0.39, 0.29) is 0 Å². The Morgan fingerprint density at radius 3 is 2.52 bits per heavy atom. The van der Waals surface area contributed by atoms with Crippen molar-refractivity contribution in [2.24, 2.45) is 4.99 Å². The first-order valence-electron chi connectivity index (χ1n) is 7.69. The zero-order valence-corrected chi connectivity index (χ0v) is 14.1. The van der Waals surface area contributed by atoms with Crippen molar-refractivity contribution >= 4 is 16.9 Å². The standard InChI is InChI=1S/C17H17F3N4S/c18-17(19,20)15-5-3-13(4-6-15)10-25-16-22-11-24(12-23-16)9-14-2-1-7-21-8-14/h1-8H,9-12H2,(H,22,23). The summed E-state index contributed by atoms with van der Waals surface area (Å²) in [4.78, 5) is 10.7. The molecule has 0 saturated carbocycles. The van der Waals surface area contributed by atoms with E-state index in [4.69, 9.17) is 0 Å². The summed E-state index contributed by atoms with van der Waals surface area (Å²) in [6.45, 7) is 2.02. The molecule has 0 radical (unpaired) electrons. The van der Waals surface area contributed by atoms with Crippen LogP contribution in [0.15, 0.2) is 53.8 Å². The van der Waals surface area contributed by atoms with Gasteiger partial charge in [0.25, 0.3) is 0 Å². The third-order valence-corrected chi connectivity index (χ3v) is 4.68. The molecule has 0 unspecified atom stereocenters. The van der Waals surface area contributed by atoms with Gasteiger partial charge in [-0.3, -0.25) is 9.88 Å². The highest BCUT2D eigenvalue weighted by molar-refractivity contribution is 8.13. The summed E-state index contributed by atoms with van der Waals surface area (Å²) in [6.07, 6.45) is -0.719. The van der Waals surface area contributed by atoms with Crippen LogP contribution in [0, 0.1) is 0 Å². The Balaban J connectivity index is 1.48. The van der Waals surface area contributed by atoms with Crippen LogP contribution < -0.4 is 5.32 Å². The molecule has 0 fully saturated rings. The second kappa shape index (κ2) is 7.88. The van der Waals surface area contributed by atoms with Gasteiger partial charge in [0.2, 0.25) is 0 Å². The van der Waals surface area contributed by atoms with Crippen molar-refractivity contribution in [1.82, 2.24) is 15.2 Å². The molecule has 1 aliphatic heterocycles. The Morgan fingerprint density at radius 1 is 1.12 bits per heavy atom. The zero-order chi connectivity index (χ0) is 17.7. The van der Waals surface area contributed by atoms with Crippen LogP contribution in [0.2, 0.25) is 0 Å². The van der Waals surface area contributed by atoms with Gasteiger partial charge in [0.1, 0.15) is 0 Å². The van der Waals surface area contributed by atoms with Crippen LogP contribution in [0.3, 0.4) is 0 Å². The van der Waals surface area contributed by atoms with Crippen molar-refractivity contribution in [2.45, 2.75) is 18.5 Å². The number of halogens is 3. The maximum Gasteiger partial charge on any atom is 0.416 e. The van der Waals surface area contributed by atoms with Gasteiger partial charge >= 0.3 is 6.18 Å². The molecule has 8 heteroatoms. The lowest BCUT2D eigenvalue weighted by Crippen LogP contribution is -2.41. The number of pyridine rings is 1. The van der Waals surface area contributed by atoms with E-state index in [0.29, 0.717) is 19.1 Å². The van der Waals surface area contributed by atoms with Crippen molar-refractivity contribution in [3.63, 3.8) is 0 Å². The minimum absolute atomic E-state index is 0.576. The molecule has 0 spiro atoms. The molecule has 0 amide bonds. The third kappa shape index (κ3) is 5.20. The molecule has 132 valence electrons. The lowest BCUT2D eigenvalue weighted by Gasteiger charge is -2.26. The van der Waals surface area contributed by atoms with Gasteiger partial charge in [0.05, 0.1) is 18.9 Å². The summed E-state index contributed by atoms with van der Waals surface area (Å²) >= 11 is 1.49. The van der Waals surface area contributed by atoms with Crippen LogP contribution in [0.1, 0.15) is 16.7 Å². The molecule has 0 saturated heterocycles. The summed E-state index contributed by atoms with van der Waals surface area (Å²) in [5.74, 6) is 0.576. The molecule has 4 nitrogen and oxygen atoms in total. The van der Waals surface area contributed by atoms with Crippen LogP contribution in [0.5, 0.6) is 0 Å². The minimum atomic E-state index is -4.29. The van der Waals surface area contributed by atoms with Gasteiger partial charge in [-0.2, -0.15) is 13.2 Å². The van der Waals surface area contributed by atoms with Crippen LogP contribution >= 0.6 is 11.8 Å². The second-order valence-electron chi connectivity index (χ2n) is 5.61. The highest BCUT2D eigenvalue weighted by Gasteiger charge is 2.29. The topological polar surface area (TPSA) is 40.5 Å². The number of rotatable bonds is 4. The highest BCUT2D eigenvalue weighted by atomic mass is 32.2. The van der Waals surface area contributed by atoms with E-state index in [1.165, 1.54) is 23.9 Å². The molecule has 1 aromatic heterocycles. The van der Waals surface area contributed by atoms with E-state index in [1.807, 2.05) is 18.3 Å².